The monoisotopic (exact) mass is 347 g/mol. The zero-order chi connectivity index (χ0) is 17.5. The van der Waals surface area contributed by atoms with Crippen LogP contribution in [-0.4, -0.2) is 95.7 Å². The van der Waals surface area contributed by atoms with E-state index in [1.54, 1.807) is 0 Å². The van der Waals surface area contributed by atoms with Crippen molar-refractivity contribution < 1.29 is 9.90 Å². The van der Waals surface area contributed by atoms with Crippen LogP contribution in [0.4, 0.5) is 5.82 Å². The van der Waals surface area contributed by atoms with Gasteiger partial charge in [0.25, 0.3) is 0 Å². The van der Waals surface area contributed by atoms with E-state index in [4.69, 9.17) is 5.11 Å². The number of likely N-dealkylation sites (tertiary alicyclic amines) is 1. The average Bonchev–Trinajstić information content (AvgIpc) is 2.63. The Labute approximate surface area is 149 Å². The standard InChI is InChI=1S/C18H29N5O2/c24-18(25)15-22-8-4-16(5-9-22)23-13-11-21(12-14-23)10-7-20-17-3-1-2-6-19-17/h1-3,6,16H,4-5,7-15H2,(H,19,20)(H,24,25). The molecule has 7 heteroatoms. The Morgan fingerprint density at radius 2 is 1.88 bits per heavy atom. The van der Waals surface area contributed by atoms with E-state index >= 15 is 0 Å². The third kappa shape index (κ3) is 5.66. The van der Waals surface area contributed by atoms with Crippen LogP contribution in [0.1, 0.15) is 12.8 Å². The van der Waals surface area contributed by atoms with E-state index < -0.39 is 5.97 Å². The molecule has 2 fully saturated rings. The second-order valence-electron chi connectivity index (χ2n) is 6.92. The van der Waals surface area contributed by atoms with Crippen molar-refractivity contribution in [3.05, 3.63) is 24.4 Å². The summed E-state index contributed by atoms with van der Waals surface area (Å²) in [5.74, 6) is 0.223. The molecule has 1 aromatic heterocycles. The Morgan fingerprint density at radius 3 is 2.52 bits per heavy atom. The van der Waals surface area contributed by atoms with Crippen LogP contribution in [0.5, 0.6) is 0 Å². The Morgan fingerprint density at radius 1 is 1.12 bits per heavy atom. The highest BCUT2D eigenvalue weighted by Gasteiger charge is 2.27. The highest BCUT2D eigenvalue weighted by atomic mass is 16.4. The predicted octanol–water partition coefficient (Wildman–Crippen LogP) is 0.660. The van der Waals surface area contributed by atoms with Gasteiger partial charge in [0.05, 0.1) is 6.54 Å². The van der Waals surface area contributed by atoms with Gasteiger partial charge in [-0.1, -0.05) is 6.07 Å². The smallest absolute Gasteiger partial charge is 0.317 e. The molecule has 0 saturated carbocycles. The van der Waals surface area contributed by atoms with E-state index in [0.717, 1.165) is 71.0 Å². The number of hydrogen-bond acceptors (Lipinski definition) is 6. The molecule has 0 aliphatic carbocycles. The molecule has 2 N–H and O–H groups in total. The van der Waals surface area contributed by atoms with E-state index in [9.17, 15) is 4.79 Å². The van der Waals surface area contributed by atoms with Gasteiger partial charge in [-0.05, 0) is 25.0 Å². The number of nitrogens with zero attached hydrogens (tertiary/aromatic N) is 4. The largest absolute Gasteiger partial charge is 0.480 e. The first-order valence-corrected chi connectivity index (χ1v) is 9.26. The molecule has 0 radical (unpaired) electrons. The number of carboxylic acid groups (broad SMARTS) is 1. The predicted molar refractivity (Wildman–Crippen MR) is 97.8 cm³/mol. The van der Waals surface area contributed by atoms with E-state index in [-0.39, 0.29) is 6.54 Å². The summed E-state index contributed by atoms with van der Waals surface area (Å²) in [6, 6.07) is 6.54. The van der Waals surface area contributed by atoms with Crippen molar-refractivity contribution in [1.82, 2.24) is 19.7 Å². The third-order valence-corrected chi connectivity index (χ3v) is 5.24. The lowest BCUT2D eigenvalue weighted by Crippen LogP contribution is -2.54. The van der Waals surface area contributed by atoms with E-state index in [1.807, 2.05) is 24.4 Å². The number of nitrogens with one attached hydrogen (secondary N) is 1. The fourth-order valence-corrected chi connectivity index (χ4v) is 3.80. The Kier molecular flexibility index (Phi) is 6.61. The van der Waals surface area contributed by atoms with Gasteiger partial charge in [0, 0.05) is 64.6 Å². The van der Waals surface area contributed by atoms with Crippen molar-refractivity contribution >= 4 is 11.8 Å². The summed E-state index contributed by atoms with van der Waals surface area (Å²) in [7, 11) is 0. The first kappa shape index (κ1) is 18.1. The number of piperidine rings is 1. The van der Waals surface area contributed by atoms with Gasteiger partial charge in [-0.15, -0.1) is 0 Å². The molecule has 2 aliphatic heterocycles. The zero-order valence-corrected chi connectivity index (χ0v) is 14.8. The SMILES string of the molecule is O=C(O)CN1CCC(N2CCN(CCNc3ccccn3)CC2)CC1. The van der Waals surface area contributed by atoms with Gasteiger partial charge in [-0.2, -0.15) is 0 Å². The number of hydrogen-bond donors (Lipinski definition) is 2. The molecule has 0 bridgehead atoms. The van der Waals surface area contributed by atoms with Crippen LogP contribution in [0, 0.1) is 0 Å². The van der Waals surface area contributed by atoms with Gasteiger partial charge in [-0.3, -0.25) is 19.5 Å². The maximum atomic E-state index is 10.8. The lowest BCUT2D eigenvalue weighted by atomic mass is 10.0. The lowest BCUT2D eigenvalue weighted by Gasteiger charge is -2.42. The summed E-state index contributed by atoms with van der Waals surface area (Å²) in [6.45, 7) is 8.42. The fraction of sp³-hybridized carbons (Fsp3) is 0.667. The summed E-state index contributed by atoms with van der Waals surface area (Å²) >= 11 is 0. The molecular weight excluding hydrogens is 318 g/mol. The van der Waals surface area contributed by atoms with Crippen molar-refractivity contribution in [3.63, 3.8) is 0 Å². The number of aromatic nitrogens is 1. The Hall–Kier alpha value is -1.70. The minimum atomic E-state index is -0.716. The number of piperazine rings is 1. The molecule has 2 saturated heterocycles. The Balaban J connectivity index is 1.32. The summed E-state index contributed by atoms with van der Waals surface area (Å²) in [5.41, 5.74) is 0. The minimum absolute atomic E-state index is 0.184. The minimum Gasteiger partial charge on any atom is -0.480 e. The molecule has 0 unspecified atom stereocenters. The molecule has 25 heavy (non-hydrogen) atoms. The maximum Gasteiger partial charge on any atom is 0.317 e. The first-order chi connectivity index (χ1) is 12.2. The fourth-order valence-electron chi connectivity index (χ4n) is 3.80. The summed E-state index contributed by atoms with van der Waals surface area (Å²) in [6.07, 6.45) is 3.99. The highest BCUT2D eigenvalue weighted by molar-refractivity contribution is 5.69. The number of rotatable bonds is 7. The van der Waals surface area contributed by atoms with Crippen LogP contribution >= 0.6 is 0 Å². The molecular formula is C18H29N5O2. The van der Waals surface area contributed by atoms with Crippen molar-refractivity contribution in [3.8, 4) is 0 Å². The maximum absolute atomic E-state index is 10.8. The van der Waals surface area contributed by atoms with E-state index in [0.29, 0.717) is 6.04 Å². The topological polar surface area (TPSA) is 71.9 Å². The first-order valence-electron chi connectivity index (χ1n) is 9.26. The number of anilines is 1. The van der Waals surface area contributed by atoms with Crippen LogP contribution in [0.25, 0.3) is 0 Å². The van der Waals surface area contributed by atoms with Crippen LogP contribution in [-0.2, 0) is 4.79 Å². The molecule has 0 aromatic carbocycles. The van der Waals surface area contributed by atoms with Crippen LogP contribution in [0.2, 0.25) is 0 Å². The zero-order valence-electron chi connectivity index (χ0n) is 14.8. The molecule has 3 heterocycles. The number of carbonyl (C=O) groups is 1. The normalized spacial score (nSPS) is 21.3. The van der Waals surface area contributed by atoms with Crippen molar-refractivity contribution in [1.29, 1.82) is 0 Å². The molecule has 7 nitrogen and oxygen atoms in total. The molecule has 138 valence electrons. The third-order valence-electron chi connectivity index (χ3n) is 5.24. The quantitative estimate of drug-likeness (QED) is 0.751. The lowest BCUT2D eigenvalue weighted by molar-refractivity contribution is -0.138. The van der Waals surface area contributed by atoms with Gasteiger partial charge in [-0.25, -0.2) is 4.98 Å². The highest BCUT2D eigenvalue weighted by Crippen LogP contribution is 2.18. The molecule has 2 aliphatic rings. The van der Waals surface area contributed by atoms with Gasteiger partial charge in [0.15, 0.2) is 0 Å². The Bertz CT molecular complexity index is 526. The summed E-state index contributed by atoms with van der Waals surface area (Å²) in [5, 5.41) is 12.3. The van der Waals surface area contributed by atoms with Gasteiger partial charge in [0.2, 0.25) is 0 Å². The van der Waals surface area contributed by atoms with Crippen LogP contribution in [0.3, 0.4) is 0 Å². The second-order valence-corrected chi connectivity index (χ2v) is 6.92. The molecule has 3 rings (SSSR count). The van der Waals surface area contributed by atoms with Crippen molar-refractivity contribution in [2.45, 2.75) is 18.9 Å². The number of aliphatic carboxylic acids is 1. The van der Waals surface area contributed by atoms with Gasteiger partial charge < -0.3 is 10.4 Å². The number of pyridine rings is 1. The molecule has 0 spiro atoms. The summed E-state index contributed by atoms with van der Waals surface area (Å²) in [4.78, 5) is 22.2. The van der Waals surface area contributed by atoms with Gasteiger partial charge >= 0.3 is 5.97 Å². The molecule has 1 aromatic rings. The van der Waals surface area contributed by atoms with Crippen molar-refractivity contribution in [2.24, 2.45) is 0 Å². The van der Waals surface area contributed by atoms with Gasteiger partial charge in [0.1, 0.15) is 5.82 Å². The van der Waals surface area contributed by atoms with Crippen LogP contribution in [0.15, 0.2) is 24.4 Å². The second kappa shape index (κ2) is 9.12. The molecule has 0 amide bonds. The van der Waals surface area contributed by atoms with Crippen molar-refractivity contribution in [2.75, 3.05) is 64.2 Å². The van der Waals surface area contributed by atoms with E-state index in [2.05, 4.69) is 25.0 Å². The molecule has 0 atom stereocenters. The average molecular weight is 347 g/mol. The summed E-state index contributed by atoms with van der Waals surface area (Å²) < 4.78 is 0. The van der Waals surface area contributed by atoms with E-state index in [1.165, 1.54) is 0 Å². The number of carboxylic acids is 1. The van der Waals surface area contributed by atoms with Crippen LogP contribution < -0.4 is 5.32 Å².